The van der Waals surface area contributed by atoms with Crippen molar-refractivity contribution >= 4 is 33.2 Å². The van der Waals surface area contributed by atoms with E-state index in [2.05, 4.69) is 29.7 Å². The van der Waals surface area contributed by atoms with Crippen molar-refractivity contribution in [2.24, 2.45) is 0 Å². The molecule has 33 heavy (non-hydrogen) atoms. The zero-order valence-corrected chi connectivity index (χ0v) is 19.8. The Bertz CT molecular complexity index is 1220. The molecular weight excluding hydrogens is 458 g/mol. The first-order chi connectivity index (χ1) is 15.9. The highest BCUT2D eigenvalue weighted by atomic mass is 32.2. The predicted molar refractivity (Wildman–Crippen MR) is 128 cm³/mol. The minimum atomic E-state index is -3.80. The van der Waals surface area contributed by atoms with Crippen molar-refractivity contribution in [3.63, 3.8) is 0 Å². The summed E-state index contributed by atoms with van der Waals surface area (Å²) < 4.78 is 26.8. The molecule has 0 radical (unpaired) electrons. The second-order valence-electron chi connectivity index (χ2n) is 7.73. The van der Waals surface area contributed by atoms with Gasteiger partial charge >= 0.3 is 0 Å². The molecule has 1 atom stereocenters. The van der Waals surface area contributed by atoms with Crippen molar-refractivity contribution in [3.05, 3.63) is 87.6 Å². The molecule has 4 rings (SSSR count). The Labute approximate surface area is 197 Å². The van der Waals surface area contributed by atoms with E-state index < -0.39 is 10.0 Å². The fraction of sp³-hybridized carbons (Fsp3) is 0.250. The van der Waals surface area contributed by atoms with Gasteiger partial charge in [0.25, 0.3) is 5.91 Å². The number of rotatable bonds is 7. The number of hydrogen-bond donors (Lipinski definition) is 2. The van der Waals surface area contributed by atoms with Crippen LogP contribution >= 0.6 is 11.3 Å². The molecule has 9 heteroatoms. The minimum absolute atomic E-state index is 0.0544. The van der Waals surface area contributed by atoms with Gasteiger partial charge in [0.05, 0.1) is 17.5 Å². The molecule has 2 heterocycles. The summed E-state index contributed by atoms with van der Waals surface area (Å²) in [6.45, 7) is 2.39. The molecule has 0 aliphatic carbocycles. The van der Waals surface area contributed by atoms with Crippen LogP contribution in [0, 0.1) is 0 Å². The monoisotopic (exact) mass is 483 g/mol. The van der Waals surface area contributed by atoms with Gasteiger partial charge in [-0.3, -0.25) is 9.59 Å². The van der Waals surface area contributed by atoms with Crippen molar-refractivity contribution in [1.82, 2.24) is 14.9 Å². The van der Waals surface area contributed by atoms with E-state index in [0.29, 0.717) is 5.56 Å². The third-order valence-corrected chi connectivity index (χ3v) is 8.38. The van der Waals surface area contributed by atoms with Gasteiger partial charge in [-0.1, -0.05) is 37.3 Å². The lowest BCUT2D eigenvalue weighted by atomic mass is 10.0. The standard InChI is InChI=1S/C24H25N3O4S2/c1-2-17-5-7-18(8-6-17)23(21-4-3-15-32-21)26-24(29)19-9-11-20(12-10-19)33(30,31)27-14-13-25-22(28)16-27/h3-12,15,23H,2,13-14,16H2,1H3,(H,25,28)(H,26,29). The van der Waals surface area contributed by atoms with Crippen LogP contribution in [0.15, 0.2) is 70.9 Å². The predicted octanol–water partition coefficient (Wildman–Crippen LogP) is 2.95. The van der Waals surface area contributed by atoms with E-state index in [1.807, 2.05) is 29.6 Å². The van der Waals surface area contributed by atoms with Gasteiger partial charge in [-0.05, 0) is 53.3 Å². The van der Waals surface area contributed by atoms with Crippen LogP contribution < -0.4 is 10.6 Å². The van der Waals surface area contributed by atoms with Gasteiger partial charge in [-0.2, -0.15) is 4.31 Å². The van der Waals surface area contributed by atoms with E-state index in [1.165, 1.54) is 29.8 Å². The first-order valence-corrected chi connectivity index (χ1v) is 13.0. The zero-order chi connectivity index (χ0) is 23.4. The molecule has 172 valence electrons. The van der Waals surface area contributed by atoms with Gasteiger partial charge in [0.15, 0.2) is 0 Å². The molecule has 1 saturated heterocycles. The number of aryl methyl sites for hydroxylation is 1. The lowest BCUT2D eigenvalue weighted by Crippen LogP contribution is -2.49. The Morgan fingerprint density at radius 1 is 1.12 bits per heavy atom. The largest absolute Gasteiger partial charge is 0.354 e. The number of hydrogen-bond acceptors (Lipinski definition) is 5. The highest BCUT2D eigenvalue weighted by Crippen LogP contribution is 2.27. The summed E-state index contributed by atoms with van der Waals surface area (Å²) >= 11 is 1.56. The van der Waals surface area contributed by atoms with Crippen molar-refractivity contribution in [3.8, 4) is 0 Å². The van der Waals surface area contributed by atoms with Crippen LogP contribution in [-0.2, 0) is 21.2 Å². The number of benzene rings is 2. The van der Waals surface area contributed by atoms with Gasteiger partial charge in [0.1, 0.15) is 0 Å². The molecule has 1 aliphatic heterocycles. The average Bonchev–Trinajstić information content (AvgIpc) is 3.37. The maximum Gasteiger partial charge on any atom is 0.252 e. The molecule has 1 aromatic heterocycles. The van der Waals surface area contributed by atoms with E-state index in [0.717, 1.165) is 21.2 Å². The van der Waals surface area contributed by atoms with Crippen LogP contribution in [0.5, 0.6) is 0 Å². The molecule has 1 fully saturated rings. The molecule has 2 N–H and O–H groups in total. The van der Waals surface area contributed by atoms with Crippen molar-refractivity contribution in [2.45, 2.75) is 24.3 Å². The minimum Gasteiger partial charge on any atom is -0.354 e. The zero-order valence-electron chi connectivity index (χ0n) is 18.2. The quantitative estimate of drug-likeness (QED) is 0.540. The Kier molecular flexibility index (Phi) is 6.92. The molecule has 0 saturated carbocycles. The number of piperazine rings is 1. The third kappa shape index (κ3) is 5.16. The second kappa shape index (κ2) is 9.86. The Morgan fingerprint density at radius 2 is 1.85 bits per heavy atom. The van der Waals surface area contributed by atoms with Crippen LogP contribution in [-0.4, -0.2) is 44.2 Å². The highest BCUT2D eigenvalue weighted by Gasteiger charge is 2.29. The normalized spacial score (nSPS) is 15.6. The Hall–Kier alpha value is -3.01. The molecule has 1 unspecified atom stereocenters. The molecule has 7 nitrogen and oxygen atoms in total. The van der Waals surface area contributed by atoms with Crippen molar-refractivity contribution in [1.29, 1.82) is 0 Å². The molecule has 3 aromatic rings. The van der Waals surface area contributed by atoms with Crippen LogP contribution in [0.2, 0.25) is 0 Å². The summed E-state index contributed by atoms with van der Waals surface area (Å²) in [4.78, 5) is 25.7. The van der Waals surface area contributed by atoms with Crippen LogP contribution in [0.1, 0.15) is 39.3 Å². The smallest absolute Gasteiger partial charge is 0.252 e. The molecule has 2 amide bonds. The molecule has 2 aromatic carbocycles. The number of carbonyl (C=O) groups excluding carboxylic acids is 2. The maximum absolute atomic E-state index is 13.0. The van der Waals surface area contributed by atoms with Crippen molar-refractivity contribution < 1.29 is 18.0 Å². The van der Waals surface area contributed by atoms with E-state index in [4.69, 9.17) is 0 Å². The topological polar surface area (TPSA) is 95.6 Å². The maximum atomic E-state index is 13.0. The number of carbonyl (C=O) groups is 2. The SMILES string of the molecule is CCc1ccc(C(NC(=O)c2ccc(S(=O)(=O)N3CCNC(=O)C3)cc2)c2cccs2)cc1. The summed E-state index contributed by atoms with van der Waals surface area (Å²) in [5.74, 6) is -0.623. The fourth-order valence-corrected chi connectivity index (χ4v) is 5.88. The second-order valence-corrected chi connectivity index (χ2v) is 10.6. The first kappa shape index (κ1) is 23.2. The van der Waals surface area contributed by atoms with E-state index in [9.17, 15) is 18.0 Å². The number of sulfonamides is 1. The van der Waals surface area contributed by atoms with Gasteiger partial charge in [-0.15, -0.1) is 11.3 Å². The summed E-state index contributed by atoms with van der Waals surface area (Å²) in [6.07, 6.45) is 0.938. The summed E-state index contributed by atoms with van der Waals surface area (Å²) in [7, 11) is -3.80. The summed E-state index contributed by atoms with van der Waals surface area (Å²) in [5, 5.41) is 7.66. The van der Waals surface area contributed by atoms with E-state index >= 15 is 0 Å². The van der Waals surface area contributed by atoms with Gasteiger partial charge in [0.2, 0.25) is 15.9 Å². The molecular formula is C24H25N3O4S2. The Balaban J connectivity index is 1.53. The molecule has 0 spiro atoms. The van der Waals surface area contributed by atoms with Gasteiger partial charge in [-0.25, -0.2) is 8.42 Å². The van der Waals surface area contributed by atoms with Gasteiger partial charge in [0, 0.05) is 23.5 Å². The first-order valence-electron chi connectivity index (χ1n) is 10.7. The number of nitrogens with one attached hydrogen (secondary N) is 2. The fourth-order valence-electron chi connectivity index (χ4n) is 3.68. The Morgan fingerprint density at radius 3 is 2.45 bits per heavy atom. The average molecular weight is 484 g/mol. The van der Waals surface area contributed by atoms with Crippen LogP contribution in [0.25, 0.3) is 0 Å². The van der Waals surface area contributed by atoms with Crippen LogP contribution in [0.4, 0.5) is 0 Å². The number of amides is 2. The van der Waals surface area contributed by atoms with E-state index in [1.54, 1.807) is 11.3 Å². The third-order valence-electron chi connectivity index (χ3n) is 5.58. The molecule has 1 aliphatic rings. The number of nitrogens with zero attached hydrogens (tertiary/aromatic N) is 1. The highest BCUT2D eigenvalue weighted by molar-refractivity contribution is 7.89. The summed E-state index contributed by atoms with van der Waals surface area (Å²) in [6, 6.07) is 17.6. The lowest BCUT2D eigenvalue weighted by molar-refractivity contribution is -0.122. The van der Waals surface area contributed by atoms with Crippen LogP contribution in [0.3, 0.4) is 0 Å². The lowest BCUT2D eigenvalue weighted by Gasteiger charge is -2.26. The van der Waals surface area contributed by atoms with Gasteiger partial charge < -0.3 is 10.6 Å². The summed E-state index contributed by atoms with van der Waals surface area (Å²) in [5.41, 5.74) is 2.56. The van der Waals surface area contributed by atoms with Crippen molar-refractivity contribution in [2.75, 3.05) is 19.6 Å². The molecule has 0 bridgehead atoms. The van der Waals surface area contributed by atoms with E-state index in [-0.39, 0.29) is 42.4 Å². The number of thiophene rings is 1.